The van der Waals surface area contributed by atoms with Gasteiger partial charge in [-0.1, -0.05) is 0 Å². The van der Waals surface area contributed by atoms with Crippen molar-refractivity contribution >= 4 is 21.5 Å². The van der Waals surface area contributed by atoms with Crippen LogP contribution in [0.2, 0.25) is 0 Å². The number of nitrogens with zero attached hydrogens (tertiary/aromatic N) is 2. The summed E-state index contributed by atoms with van der Waals surface area (Å²) in [6, 6.07) is 6.07. The third kappa shape index (κ3) is 1.29. The average Bonchev–Trinajstić information content (AvgIpc) is 2.38. The van der Waals surface area contributed by atoms with Gasteiger partial charge in [-0.15, -0.1) is 0 Å². The van der Waals surface area contributed by atoms with E-state index in [1.54, 1.807) is 0 Å². The minimum absolute atomic E-state index is 0.308. The van der Waals surface area contributed by atoms with E-state index >= 15 is 0 Å². The molecule has 0 aliphatic heterocycles. The Morgan fingerprint density at radius 3 is 1.56 bits per heavy atom. The number of benzene rings is 1. The summed E-state index contributed by atoms with van der Waals surface area (Å²) in [5.41, 5.74) is -1.11. The van der Waals surface area contributed by atoms with E-state index in [-0.39, 0.29) is 0 Å². The first kappa shape index (κ1) is 10.4. The van der Waals surface area contributed by atoms with E-state index in [0.29, 0.717) is 31.0 Å². The topological polar surface area (TPSA) is 84.5 Å². The Labute approximate surface area is 99.5 Å². The molecular formula is C12H8N2O4. The molecular weight excluding hydrogens is 236 g/mol. The second-order valence-electron chi connectivity index (χ2n) is 3.96. The van der Waals surface area contributed by atoms with E-state index in [1.807, 2.05) is 0 Å². The van der Waals surface area contributed by atoms with Gasteiger partial charge < -0.3 is 10.4 Å². The Kier molecular flexibility index (Phi) is 1.94. The molecule has 0 bridgehead atoms. The number of hydrogen-bond acceptors (Lipinski definition) is 4. The molecule has 0 amide bonds. The first-order valence-corrected chi connectivity index (χ1v) is 5.17. The number of aromatic nitrogens is 2. The predicted octanol–water partition coefficient (Wildman–Crippen LogP) is 0.791. The highest BCUT2D eigenvalue weighted by atomic mass is 16.5. The summed E-state index contributed by atoms with van der Waals surface area (Å²) in [6.45, 7) is 0. The zero-order valence-corrected chi connectivity index (χ0v) is 9.07. The molecule has 18 heavy (non-hydrogen) atoms. The monoisotopic (exact) mass is 244 g/mol. The molecule has 0 aliphatic rings. The van der Waals surface area contributed by atoms with Gasteiger partial charge in [0.05, 0.1) is 10.8 Å². The van der Waals surface area contributed by atoms with Crippen LogP contribution in [0.15, 0.2) is 46.2 Å². The fraction of sp³-hybridized carbons (Fsp3) is 0. The molecule has 6 nitrogen and oxygen atoms in total. The lowest BCUT2D eigenvalue weighted by Crippen LogP contribution is -2.18. The van der Waals surface area contributed by atoms with Gasteiger partial charge in [-0.3, -0.25) is 9.59 Å². The summed E-state index contributed by atoms with van der Waals surface area (Å²) in [5, 5.41) is 20.2. The molecule has 0 radical (unpaired) electrons. The van der Waals surface area contributed by atoms with Crippen LogP contribution in [-0.4, -0.2) is 19.9 Å². The Bertz CT molecular complexity index is 817. The summed E-state index contributed by atoms with van der Waals surface area (Å²) >= 11 is 0. The molecule has 0 fully saturated rings. The number of pyridine rings is 2. The first-order chi connectivity index (χ1) is 8.58. The highest BCUT2D eigenvalue weighted by Gasteiger charge is 2.07. The normalized spacial score (nSPS) is 11.1. The van der Waals surface area contributed by atoms with Crippen LogP contribution in [0.5, 0.6) is 0 Å². The zero-order chi connectivity index (χ0) is 12.9. The van der Waals surface area contributed by atoms with Crippen LogP contribution in [0, 0.1) is 0 Å². The summed E-state index contributed by atoms with van der Waals surface area (Å²) < 4.78 is 0.975. The fourth-order valence-corrected chi connectivity index (χ4v) is 1.96. The molecule has 2 heterocycles. The molecule has 0 saturated carbocycles. The average molecular weight is 244 g/mol. The lowest BCUT2D eigenvalue weighted by Gasteiger charge is -2.03. The Balaban J connectivity index is 2.59. The summed E-state index contributed by atoms with van der Waals surface area (Å²) in [7, 11) is 0. The molecule has 0 unspecified atom stereocenters. The van der Waals surface area contributed by atoms with Gasteiger partial charge in [0.2, 0.25) is 0 Å². The van der Waals surface area contributed by atoms with Gasteiger partial charge in [-0.05, 0) is 35.0 Å². The summed E-state index contributed by atoms with van der Waals surface area (Å²) in [6.07, 6.45) is 2.41. The van der Waals surface area contributed by atoms with Crippen LogP contribution in [0.4, 0.5) is 0 Å². The molecule has 0 spiro atoms. The number of fused-ring (bicyclic) bond motifs is 2. The second kappa shape index (κ2) is 3.36. The van der Waals surface area contributed by atoms with Crippen molar-refractivity contribution in [3.63, 3.8) is 0 Å². The predicted molar refractivity (Wildman–Crippen MR) is 64.3 cm³/mol. The first-order valence-electron chi connectivity index (χ1n) is 5.17. The Morgan fingerprint density at radius 1 is 0.778 bits per heavy atom. The molecule has 90 valence electrons. The lowest BCUT2D eigenvalue weighted by molar-refractivity contribution is 0.176. The molecule has 0 aliphatic carbocycles. The van der Waals surface area contributed by atoms with E-state index < -0.39 is 11.1 Å². The molecule has 0 saturated heterocycles. The molecule has 1 aromatic carbocycles. The van der Waals surface area contributed by atoms with Crippen molar-refractivity contribution in [3.05, 3.63) is 57.4 Å². The molecule has 2 aromatic heterocycles. The van der Waals surface area contributed by atoms with Gasteiger partial charge in [-0.2, -0.15) is 9.46 Å². The second-order valence-corrected chi connectivity index (χ2v) is 3.96. The summed E-state index contributed by atoms with van der Waals surface area (Å²) in [4.78, 5) is 23.4. The van der Waals surface area contributed by atoms with E-state index in [0.717, 1.165) is 0 Å². The van der Waals surface area contributed by atoms with Gasteiger partial charge in [0.15, 0.2) is 0 Å². The third-order valence-electron chi connectivity index (χ3n) is 2.89. The summed E-state index contributed by atoms with van der Waals surface area (Å²) in [5.74, 6) is 0. The number of rotatable bonds is 0. The maximum Gasteiger partial charge on any atom is 0.290 e. The van der Waals surface area contributed by atoms with Crippen molar-refractivity contribution in [3.8, 4) is 0 Å². The molecule has 6 heteroatoms. The van der Waals surface area contributed by atoms with Gasteiger partial charge >= 0.3 is 0 Å². The zero-order valence-electron chi connectivity index (χ0n) is 9.07. The maximum absolute atomic E-state index is 11.7. The van der Waals surface area contributed by atoms with E-state index in [4.69, 9.17) is 0 Å². The van der Waals surface area contributed by atoms with E-state index in [9.17, 15) is 20.0 Å². The van der Waals surface area contributed by atoms with E-state index in [2.05, 4.69) is 0 Å². The Hall–Kier alpha value is -2.76. The molecule has 0 atom stereocenters. The smallest absolute Gasteiger partial charge is 0.290 e. The Morgan fingerprint density at radius 2 is 1.17 bits per heavy atom. The van der Waals surface area contributed by atoms with Crippen LogP contribution in [0.25, 0.3) is 21.5 Å². The minimum atomic E-state index is -0.553. The van der Waals surface area contributed by atoms with Gasteiger partial charge in [0.1, 0.15) is 0 Å². The van der Waals surface area contributed by atoms with Gasteiger partial charge in [0, 0.05) is 12.4 Å². The van der Waals surface area contributed by atoms with Crippen molar-refractivity contribution in [1.29, 1.82) is 0 Å². The molecule has 2 N–H and O–H groups in total. The van der Waals surface area contributed by atoms with Crippen molar-refractivity contribution in [2.45, 2.75) is 0 Å². The lowest BCUT2D eigenvalue weighted by atomic mass is 10.1. The van der Waals surface area contributed by atoms with Crippen LogP contribution in [0.1, 0.15) is 0 Å². The third-order valence-corrected chi connectivity index (χ3v) is 2.89. The number of hydrogen-bond donors (Lipinski definition) is 2. The highest BCUT2D eigenvalue weighted by molar-refractivity contribution is 5.97. The molecule has 3 aromatic rings. The standard InChI is InChI=1S/C12H8N2O4/c15-11-9-6-8-2-4-14(18)12(16)10(8)5-7(9)1-3-13(11)17/h1-6,17-18H. The van der Waals surface area contributed by atoms with Gasteiger partial charge in [0.25, 0.3) is 11.1 Å². The van der Waals surface area contributed by atoms with Crippen molar-refractivity contribution < 1.29 is 10.4 Å². The fourth-order valence-electron chi connectivity index (χ4n) is 1.96. The highest BCUT2D eigenvalue weighted by Crippen LogP contribution is 2.17. The van der Waals surface area contributed by atoms with Crippen LogP contribution in [0.3, 0.4) is 0 Å². The van der Waals surface area contributed by atoms with Crippen LogP contribution < -0.4 is 11.1 Å². The maximum atomic E-state index is 11.7. The van der Waals surface area contributed by atoms with E-state index in [1.165, 1.54) is 36.7 Å². The minimum Gasteiger partial charge on any atom is -0.425 e. The quantitative estimate of drug-likeness (QED) is 0.452. The van der Waals surface area contributed by atoms with Crippen LogP contribution >= 0.6 is 0 Å². The SMILES string of the molecule is O=c1c2cc3ccn(O)c(=O)c3cc2ccn1O. The van der Waals surface area contributed by atoms with Crippen molar-refractivity contribution in [1.82, 2.24) is 9.46 Å². The largest absolute Gasteiger partial charge is 0.425 e. The molecule has 3 rings (SSSR count). The van der Waals surface area contributed by atoms with Gasteiger partial charge in [-0.25, -0.2) is 0 Å². The van der Waals surface area contributed by atoms with Crippen LogP contribution in [-0.2, 0) is 0 Å². The van der Waals surface area contributed by atoms with Crippen molar-refractivity contribution in [2.24, 2.45) is 0 Å². The van der Waals surface area contributed by atoms with Crippen molar-refractivity contribution in [2.75, 3.05) is 0 Å².